The minimum atomic E-state index is -0.128. The van der Waals surface area contributed by atoms with Crippen molar-refractivity contribution in [3.05, 3.63) is 59.2 Å². The van der Waals surface area contributed by atoms with Crippen molar-refractivity contribution < 1.29 is 14.3 Å². The summed E-state index contributed by atoms with van der Waals surface area (Å²) in [6.07, 6.45) is 5.69. The molecule has 2 amide bonds. The SMILES string of the molecule is Cc1ncc(C(=O)NCCc2ccccc2)c(C2CCN(C(=O)C3CCOCC3)CC2)n1. The molecule has 170 valence electrons. The molecule has 1 N–H and O–H groups in total. The molecule has 2 aliphatic heterocycles. The van der Waals surface area contributed by atoms with Gasteiger partial charge in [-0.1, -0.05) is 30.3 Å². The molecule has 0 bridgehead atoms. The van der Waals surface area contributed by atoms with E-state index in [1.54, 1.807) is 6.20 Å². The van der Waals surface area contributed by atoms with E-state index in [0.717, 1.165) is 37.8 Å². The molecule has 2 aliphatic rings. The van der Waals surface area contributed by atoms with Crippen LogP contribution in [0.2, 0.25) is 0 Å². The number of nitrogens with one attached hydrogen (secondary N) is 1. The van der Waals surface area contributed by atoms with Crippen molar-refractivity contribution in [2.24, 2.45) is 5.92 Å². The van der Waals surface area contributed by atoms with Crippen LogP contribution in [0.4, 0.5) is 0 Å². The van der Waals surface area contributed by atoms with Gasteiger partial charge in [0, 0.05) is 50.9 Å². The molecular weight excluding hydrogens is 404 g/mol. The van der Waals surface area contributed by atoms with E-state index in [2.05, 4.69) is 27.4 Å². The number of aromatic nitrogens is 2. The molecule has 1 aromatic carbocycles. The highest BCUT2D eigenvalue weighted by atomic mass is 16.5. The van der Waals surface area contributed by atoms with Crippen molar-refractivity contribution >= 4 is 11.8 Å². The highest BCUT2D eigenvalue weighted by molar-refractivity contribution is 5.95. The summed E-state index contributed by atoms with van der Waals surface area (Å²) in [4.78, 5) is 36.7. The second-order valence-electron chi connectivity index (χ2n) is 8.69. The Bertz CT molecular complexity index is 920. The lowest BCUT2D eigenvalue weighted by Crippen LogP contribution is -2.43. The van der Waals surface area contributed by atoms with Gasteiger partial charge in [0.25, 0.3) is 5.91 Å². The maximum absolute atomic E-state index is 12.9. The number of nitrogens with zero attached hydrogens (tertiary/aromatic N) is 3. The standard InChI is InChI=1S/C25H32N4O3/c1-18-27-17-22(24(30)26-12-7-19-5-3-2-4-6-19)23(28-18)20-8-13-29(14-9-20)25(31)21-10-15-32-16-11-21/h2-6,17,20-21H,7-16H2,1H3,(H,26,30). The number of hydrogen-bond donors (Lipinski definition) is 1. The molecule has 2 aromatic rings. The fourth-order valence-corrected chi connectivity index (χ4v) is 4.61. The Kier molecular flexibility index (Phi) is 7.47. The third-order valence-electron chi connectivity index (χ3n) is 6.49. The van der Waals surface area contributed by atoms with Gasteiger partial charge < -0.3 is 15.0 Å². The molecule has 0 unspecified atom stereocenters. The minimum Gasteiger partial charge on any atom is -0.381 e. The predicted molar refractivity (Wildman–Crippen MR) is 121 cm³/mol. The smallest absolute Gasteiger partial charge is 0.254 e. The Labute approximate surface area is 189 Å². The van der Waals surface area contributed by atoms with Crippen molar-refractivity contribution in [2.45, 2.75) is 44.9 Å². The summed E-state index contributed by atoms with van der Waals surface area (Å²) in [5.74, 6) is 1.04. The zero-order valence-corrected chi connectivity index (χ0v) is 18.8. The van der Waals surface area contributed by atoms with Crippen LogP contribution in [0.25, 0.3) is 0 Å². The molecule has 7 nitrogen and oxygen atoms in total. The number of likely N-dealkylation sites (tertiary alicyclic amines) is 1. The van der Waals surface area contributed by atoms with Crippen molar-refractivity contribution in [3.8, 4) is 0 Å². The van der Waals surface area contributed by atoms with Crippen molar-refractivity contribution in [2.75, 3.05) is 32.8 Å². The van der Waals surface area contributed by atoms with E-state index in [1.165, 1.54) is 5.56 Å². The molecule has 0 atom stereocenters. The monoisotopic (exact) mass is 436 g/mol. The zero-order chi connectivity index (χ0) is 22.3. The van der Waals surface area contributed by atoms with Gasteiger partial charge in [-0.05, 0) is 44.6 Å². The first-order chi connectivity index (χ1) is 15.6. The Balaban J connectivity index is 1.36. The lowest BCUT2D eigenvalue weighted by Gasteiger charge is -2.35. The number of amides is 2. The van der Waals surface area contributed by atoms with Crippen LogP contribution < -0.4 is 5.32 Å². The number of carbonyl (C=O) groups excluding carboxylic acids is 2. The van der Waals surface area contributed by atoms with Crippen LogP contribution in [-0.2, 0) is 16.0 Å². The van der Waals surface area contributed by atoms with Gasteiger partial charge >= 0.3 is 0 Å². The van der Waals surface area contributed by atoms with Gasteiger partial charge in [0.05, 0.1) is 11.3 Å². The molecular formula is C25H32N4O3. The Morgan fingerprint density at radius 2 is 1.81 bits per heavy atom. The Hall–Kier alpha value is -2.80. The molecule has 4 rings (SSSR count). The minimum absolute atomic E-state index is 0.0903. The lowest BCUT2D eigenvalue weighted by molar-refractivity contribution is -0.139. The lowest BCUT2D eigenvalue weighted by atomic mass is 9.89. The highest BCUT2D eigenvalue weighted by Crippen LogP contribution is 2.30. The predicted octanol–water partition coefficient (Wildman–Crippen LogP) is 2.89. The average molecular weight is 437 g/mol. The van der Waals surface area contributed by atoms with E-state index >= 15 is 0 Å². The molecule has 1 aromatic heterocycles. The molecule has 0 spiro atoms. The van der Waals surface area contributed by atoms with Crippen LogP contribution in [0.3, 0.4) is 0 Å². The molecule has 0 saturated carbocycles. The second-order valence-corrected chi connectivity index (χ2v) is 8.69. The van der Waals surface area contributed by atoms with Gasteiger partial charge in [0.1, 0.15) is 5.82 Å². The maximum atomic E-state index is 12.9. The fraction of sp³-hybridized carbons (Fsp3) is 0.520. The maximum Gasteiger partial charge on any atom is 0.254 e. The van der Waals surface area contributed by atoms with Gasteiger partial charge in [-0.25, -0.2) is 9.97 Å². The Morgan fingerprint density at radius 1 is 1.09 bits per heavy atom. The first-order valence-corrected chi connectivity index (χ1v) is 11.6. The molecule has 2 saturated heterocycles. The summed E-state index contributed by atoms with van der Waals surface area (Å²) < 4.78 is 5.39. The normalized spacial score (nSPS) is 17.8. The van der Waals surface area contributed by atoms with Crippen LogP contribution in [0, 0.1) is 12.8 Å². The van der Waals surface area contributed by atoms with Crippen molar-refractivity contribution in [1.82, 2.24) is 20.2 Å². The van der Waals surface area contributed by atoms with E-state index in [-0.39, 0.29) is 23.7 Å². The van der Waals surface area contributed by atoms with Gasteiger partial charge in [-0.15, -0.1) is 0 Å². The molecule has 0 radical (unpaired) electrons. The number of carbonyl (C=O) groups is 2. The number of piperidine rings is 1. The number of benzene rings is 1. The summed E-state index contributed by atoms with van der Waals surface area (Å²) in [5, 5.41) is 3.02. The largest absolute Gasteiger partial charge is 0.381 e. The first kappa shape index (κ1) is 22.4. The van der Waals surface area contributed by atoms with E-state index in [1.807, 2.05) is 30.0 Å². The van der Waals surface area contributed by atoms with Crippen LogP contribution in [0.1, 0.15) is 59.0 Å². The summed E-state index contributed by atoms with van der Waals surface area (Å²) in [6, 6.07) is 10.1. The highest BCUT2D eigenvalue weighted by Gasteiger charge is 2.31. The van der Waals surface area contributed by atoms with Gasteiger partial charge in [0.2, 0.25) is 5.91 Å². The number of hydrogen-bond acceptors (Lipinski definition) is 5. The van der Waals surface area contributed by atoms with Crippen molar-refractivity contribution in [1.29, 1.82) is 0 Å². The summed E-state index contributed by atoms with van der Waals surface area (Å²) in [7, 11) is 0. The molecule has 32 heavy (non-hydrogen) atoms. The molecule has 3 heterocycles. The zero-order valence-electron chi connectivity index (χ0n) is 18.8. The molecule has 2 fully saturated rings. The third-order valence-corrected chi connectivity index (χ3v) is 6.49. The van der Waals surface area contributed by atoms with Crippen LogP contribution in [-0.4, -0.2) is 59.5 Å². The van der Waals surface area contributed by atoms with E-state index in [9.17, 15) is 9.59 Å². The second kappa shape index (κ2) is 10.7. The third kappa shape index (κ3) is 5.51. The number of ether oxygens (including phenoxy) is 1. The molecule has 0 aliphatic carbocycles. The number of rotatable bonds is 6. The average Bonchev–Trinajstić information content (AvgIpc) is 2.85. The van der Waals surface area contributed by atoms with E-state index in [0.29, 0.717) is 44.2 Å². The van der Waals surface area contributed by atoms with Crippen LogP contribution >= 0.6 is 0 Å². The van der Waals surface area contributed by atoms with Crippen LogP contribution in [0.15, 0.2) is 36.5 Å². The van der Waals surface area contributed by atoms with E-state index < -0.39 is 0 Å². The summed E-state index contributed by atoms with van der Waals surface area (Å²) >= 11 is 0. The summed E-state index contributed by atoms with van der Waals surface area (Å²) in [5.41, 5.74) is 2.56. The van der Waals surface area contributed by atoms with Crippen molar-refractivity contribution in [3.63, 3.8) is 0 Å². The first-order valence-electron chi connectivity index (χ1n) is 11.6. The quantitative estimate of drug-likeness (QED) is 0.753. The summed E-state index contributed by atoms with van der Waals surface area (Å²) in [6.45, 7) is 5.18. The Morgan fingerprint density at radius 3 is 2.53 bits per heavy atom. The fourth-order valence-electron chi connectivity index (χ4n) is 4.61. The van der Waals surface area contributed by atoms with E-state index in [4.69, 9.17) is 4.74 Å². The molecule has 7 heteroatoms. The van der Waals surface area contributed by atoms with Gasteiger partial charge in [-0.3, -0.25) is 9.59 Å². The topological polar surface area (TPSA) is 84.4 Å². The number of aryl methyl sites for hydroxylation is 1. The van der Waals surface area contributed by atoms with Gasteiger partial charge in [0.15, 0.2) is 0 Å². The van der Waals surface area contributed by atoms with Gasteiger partial charge in [-0.2, -0.15) is 0 Å². The van der Waals surface area contributed by atoms with Crippen LogP contribution in [0.5, 0.6) is 0 Å².